The maximum atomic E-state index is 11.5. The number of carbonyl (C=O) groups excluding carboxylic acids is 1. The van der Waals surface area contributed by atoms with Gasteiger partial charge in [-0.05, 0) is 19.9 Å². The van der Waals surface area contributed by atoms with Gasteiger partial charge >= 0.3 is 0 Å². The standard InChI is InChI=1S/C12H18O3/c1-3-14-12(15-4-2)9-10-7-5-6-8-11(10)13/h5-8,10,12H,3-4,9H2,1-2H3. The molecule has 1 unspecified atom stereocenters. The number of ketones is 1. The van der Waals surface area contributed by atoms with Gasteiger partial charge in [0.2, 0.25) is 0 Å². The van der Waals surface area contributed by atoms with Crippen LogP contribution in [0.15, 0.2) is 24.3 Å². The van der Waals surface area contributed by atoms with Crippen LogP contribution in [0.25, 0.3) is 0 Å². The zero-order valence-corrected chi connectivity index (χ0v) is 9.31. The zero-order valence-electron chi connectivity index (χ0n) is 9.31. The summed E-state index contributed by atoms with van der Waals surface area (Å²) in [4.78, 5) is 11.5. The fourth-order valence-electron chi connectivity index (χ4n) is 1.53. The molecule has 1 atom stereocenters. The predicted octanol–water partition coefficient (Wildman–Crippen LogP) is 2.09. The van der Waals surface area contributed by atoms with Crippen molar-refractivity contribution >= 4 is 5.78 Å². The van der Waals surface area contributed by atoms with E-state index in [1.807, 2.05) is 26.0 Å². The SMILES string of the molecule is CCOC(CC1C=CC=CC1=O)OCC. The third-order valence-electron chi connectivity index (χ3n) is 2.23. The molecule has 0 amide bonds. The van der Waals surface area contributed by atoms with Crippen molar-refractivity contribution in [1.82, 2.24) is 0 Å². The predicted molar refractivity (Wildman–Crippen MR) is 58.4 cm³/mol. The number of hydrogen-bond donors (Lipinski definition) is 0. The van der Waals surface area contributed by atoms with E-state index < -0.39 is 0 Å². The maximum absolute atomic E-state index is 11.5. The Bertz CT molecular complexity index is 250. The molecule has 1 aliphatic rings. The first-order valence-corrected chi connectivity index (χ1v) is 5.39. The minimum atomic E-state index is -0.273. The summed E-state index contributed by atoms with van der Waals surface area (Å²) in [6, 6.07) is 0. The van der Waals surface area contributed by atoms with Crippen LogP contribution in [0.3, 0.4) is 0 Å². The molecule has 0 spiro atoms. The number of ether oxygens (including phenoxy) is 2. The van der Waals surface area contributed by atoms with Gasteiger partial charge in [0.15, 0.2) is 12.1 Å². The Morgan fingerprint density at radius 1 is 1.27 bits per heavy atom. The van der Waals surface area contributed by atoms with Crippen LogP contribution >= 0.6 is 0 Å². The molecular weight excluding hydrogens is 192 g/mol. The van der Waals surface area contributed by atoms with Crippen molar-refractivity contribution in [3.63, 3.8) is 0 Å². The van der Waals surface area contributed by atoms with E-state index in [1.165, 1.54) is 0 Å². The highest BCUT2D eigenvalue weighted by atomic mass is 16.7. The third-order valence-corrected chi connectivity index (χ3v) is 2.23. The second kappa shape index (κ2) is 6.53. The summed E-state index contributed by atoms with van der Waals surface area (Å²) in [5, 5.41) is 0. The second-order valence-electron chi connectivity index (χ2n) is 3.33. The molecule has 0 aromatic carbocycles. The molecule has 1 aliphatic carbocycles. The van der Waals surface area contributed by atoms with Crippen LogP contribution < -0.4 is 0 Å². The van der Waals surface area contributed by atoms with Crippen LogP contribution in [0.1, 0.15) is 20.3 Å². The van der Waals surface area contributed by atoms with Gasteiger partial charge in [0.05, 0.1) is 0 Å². The number of carbonyl (C=O) groups is 1. The van der Waals surface area contributed by atoms with Crippen molar-refractivity contribution in [3.05, 3.63) is 24.3 Å². The number of hydrogen-bond acceptors (Lipinski definition) is 3. The average Bonchev–Trinajstić information content (AvgIpc) is 2.22. The first-order chi connectivity index (χ1) is 7.27. The Morgan fingerprint density at radius 2 is 1.93 bits per heavy atom. The number of rotatable bonds is 6. The van der Waals surface area contributed by atoms with Gasteiger partial charge in [0.25, 0.3) is 0 Å². The molecule has 0 aromatic rings. The van der Waals surface area contributed by atoms with E-state index in [0.717, 1.165) is 0 Å². The minimum absolute atomic E-state index is 0.0990. The molecule has 0 aromatic heterocycles. The summed E-state index contributed by atoms with van der Waals surface area (Å²) in [6.45, 7) is 5.05. The van der Waals surface area contributed by atoms with Crippen LogP contribution in [0, 0.1) is 5.92 Å². The summed E-state index contributed by atoms with van der Waals surface area (Å²) in [7, 11) is 0. The molecule has 0 radical (unpaired) electrons. The largest absolute Gasteiger partial charge is 0.353 e. The van der Waals surface area contributed by atoms with Crippen molar-refractivity contribution < 1.29 is 14.3 Å². The fourth-order valence-corrected chi connectivity index (χ4v) is 1.53. The first-order valence-electron chi connectivity index (χ1n) is 5.39. The van der Waals surface area contributed by atoms with E-state index in [4.69, 9.17) is 9.47 Å². The average molecular weight is 210 g/mol. The van der Waals surface area contributed by atoms with Crippen molar-refractivity contribution in [2.24, 2.45) is 5.92 Å². The van der Waals surface area contributed by atoms with Crippen LogP contribution in [0.5, 0.6) is 0 Å². The topological polar surface area (TPSA) is 35.5 Å². The summed E-state index contributed by atoms with van der Waals surface area (Å²) in [5.74, 6) is 0.0278. The molecule has 0 N–H and O–H groups in total. The molecule has 84 valence electrons. The Balaban J connectivity index is 2.46. The molecule has 3 nitrogen and oxygen atoms in total. The monoisotopic (exact) mass is 210 g/mol. The lowest BCUT2D eigenvalue weighted by Gasteiger charge is -2.20. The molecule has 0 saturated heterocycles. The summed E-state index contributed by atoms with van der Waals surface area (Å²) < 4.78 is 10.8. The second-order valence-corrected chi connectivity index (χ2v) is 3.33. The molecule has 0 fully saturated rings. The molecule has 15 heavy (non-hydrogen) atoms. The summed E-state index contributed by atoms with van der Waals surface area (Å²) in [6.07, 6.45) is 7.47. The highest BCUT2D eigenvalue weighted by Crippen LogP contribution is 2.17. The van der Waals surface area contributed by atoms with Crippen molar-refractivity contribution in [2.45, 2.75) is 26.6 Å². The van der Waals surface area contributed by atoms with E-state index in [-0.39, 0.29) is 18.0 Å². The van der Waals surface area contributed by atoms with Crippen molar-refractivity contribution in [1.29, 1.82) is 0 Å². The lowest BCUT2D eigenvalue weighted by Crippen LogP contribution is -2.24. The smallest absolute Gasteiger partial charge is 0.162 e. The normalized spacial score (nSPS) is 20.2. The van der Waals surface area contributed by atoms with Gasteiger partial charge in [-0.25, -0.2) is 0 Å². The van der Waals surface area contributed by atoms with E-state index in [2.05, 4.69) is 0 Å². The molecule has 0 heterocycles. The van der Waals surface area contributed by atoms with E-state index >= 15 is 0 Å². The lowest BCUT2D eigenvalue weighted by atomic mass is 9.96. The van der Waals surface area contributed by atoms with Crippen LogP contribution in [-0.2, 0) is 14.3 Å². The molecular formula is C12H18O3. The summed E-state index contributed by atoms with van der Waals surface area (Å²) >= 11 is 0. The van der Waals surface area contributed by atoms with Gasteiger partial charge in [-0.1, -0.05) is 18.2 Å². The first kappa shape index (κ1) is 12.1. The molecule has 3 heteroatoms. The van der Waals surface area contributed by atoms with Crippen molar-refractivity contribution in [2.75, 3.05) is 13.2 Å². The van der Waals surface area contributed by atoms with E-state index in [1.54, 1.807) is 12.2 Å². The molecule has 0 saturated carbocycles. The van der Waals surface area contributed by atoms with Gasteiger partial charge in [0.1, 0.15) is 0 Å². The van der Waals surface area contributed by atoms with Crippen molar-refractivity contribution in [3.8, 4) is 0 Å². The molecule has 1 rings (SSSR count). The van der Waals surface area contributed by atoms with Gasteiger partial charge in [-0.15, -0.1) is 0 Å². The van der Waals surface area contributed by atoms with E-state index in [0.29, 0.717) is 19.6 Å². The quantitative estimate of drug-likeness (QED) is 0.630. The van der Waals surface area contributed by atoms with Crippen LogP contribution in [0.4, 0.5) is 0 Å². The Labute approximate surface area is 90.8 Å². The maximum Gasteiger partial charge on any atom is 0.162 e. The molecule has 0 aliphatic heterocycles. The minimum Gasteiger partial charge on any atom is -0.353 e. The van der Waals surface area contributed by atoms with Gasteiger partial charge in [-0.2, -0.15) is 0 Å². The lowest BCUT2D eigenvalue weighted by molar-refractivity contribution is -0.148. The highest BCUT2D eigenvalue weighted by molar-refractivity contribution is 5.94. The highest BCUT2D eigenvalue weighted by Gasteiger charge is 2.20. The zero-order chi connectivity index (χ0) is 11.1. The Kier molecular flexibility index (Phi) is 5.29. The van der Waals surface area contributed by atoms with Gasteiger partial charge < -0.3 is 9.47 Å². The van der Waals surface area contributed by atoms with E-state index in [9.17, 15) is 4.79 Å². The van der Waals surface area contributed by atoms with Crippen LogP contribution in [-0.4, -0.2) is 25.3 Å². The Morgan fingerprint density at radius 3 is 2.47 bits per heavy atom. The van der Waals surface area contributed by atoms with Gasteiger partial charge in [-0.3, -0.25) is 4.79 Å². The van der Waals surface area contributed by atoms with Gasteiger partial charge in [0, 0.05) is 25.6 Å². The third kappa shape index (κ3) is 3.98. The molecule has 0 bridgehead atoms. The fraction of sp³-hybridized carbons (Fsp3) is 0.583. The summed E-state index contributed by atoms with van der Waals surface area (Å²) in [5.41, 5.74) is 0. The Hall–Kier alpha value is -0.930. The number of allylic oxidation sites excluding steroid dienone is 4. The van der Waals surface area contributed by atoms with Crippen LogP contribution in [0.2, 0.25) is 0 Å².